The second kappa shape index (κ2) is 5.75. The van der Waals surface area contributed by atoms with Gasteiger partial charge in [0.2, 0.25) is 5.91 Å². The lowest BCUT2D eigenvalue weighted by atomic mass is 9.99. The summed E-state index contributed by atoms with van der Waals surface area (Å²) in [4.78, 5) is 21.9. The maximum Gasteiger partial charge on any atom is 0.271 e. The summed E-state index contributed by atoms with van der Waals surface area (Å²) in [5.41, 5.74) is -0.400. The van der Waals surface area contributed by atoms with Gasteiger partial charge in [-0.15, -0.1) is 0 Å². The van der Waals surface area contributed by atoms with Gasteiger partial charge in [-0.25, -0.2) is 4.39 Å². The van der Waals surface area contributed by atoms with E-state index in [1.165, 1.54) is 0 Å². The SMILES string of the molecule is O=C(Nc1cc([N+](=O)[O-])ccc1F)[C@@H]1CCCNC1. The Morgan fingerprint density at radius 2 is 2.32 bits per heavy atom. The number of anilines is 1. The molecule has 0 saturated carbocycles. The Balaban J connectivity index is 2.11. The molecule has 6 nitrogen and oxygen atoms in total. The van der Waals surface area contributed by atoms with Crippen LogP contribution in [0.25, 0.3) is 0 Å². The summed E-state index contributed by atoms with van der Waals surface area (Å²) < 4.78 is 13.5. The molecule has 1 aliphatic rings. The average molecular weight is 267 g/mol. The fourth-order valence-electron chi connectivity index (χ4n) is 2.03. The summed E-state index contributed by atoms with van der Waals surface area (Å²) in [6.07, 6.45) is 1.62. The fourth-order valence-corrected chi connectivity index (χ4v) is 2.03. The normalized spacial score (nSPS) is 18.9. The van der Waals surface area contributed by atoms with Crippen LogP contribution in [-0.4, -0.2) is 23.9 Å². The third kappa shape index (κ3) is 3.25. The molecule has 1 atom stereocenters. The van der Waals surface area contributed by atoms with Gasteiger partial charge >= 0.3 is 0 Å². The number of nitrogens with one attached hydrogen (secondary N) is 2. The fraction of sp³-hybridized carbons (Fsp3) is 0.417. The first kappa shape index (κ1) is 13.4. The first-order chi connectivity index (χ1) is 9.08. The largest absolute Gasteiger partial charge is 0.323 e. The molecule has 1 amide bonds. The molecule has 0 spiro atoms. The number of hydrogen-bond acceptors (Lipinski definition) is 4. The van der Waals surface area contributed by atoms with Gasteiger partial charge in [0.25, 0.3) is 5.69 Å². The van der Waals surface area contributed by atoms with Gasteiger partial charge in [0.1, 0.15) is 5.82 Å². The van der Waals surface area contributed by atoms with Gasteiger partial charge in [-0.05, 0) is 25.5 Å². The first-order valence-electron chi connectivity index (χ1n) is 6.03. The lowest BCUT2D eigenvalue weighted by Crippen LogP contribution is -2.37. The van der Waals surface area contributed by atoms with E-state index in [1.54, 1.807) is 0 Å². The number of nitrogens with zero attached hydrogens (tertiary/aromatic N) is 1. The van der Waals surface area contributed by atoms with Gasteiger partial charge < -0.3 is 10.6 Å². The Morgan fingerprint density at radius 1 is 1.53 bits per heavy atom. The summed E-state index contributed by atoms with van der Waals surface area (Å²) in [6, 6.07) is 3.07. The summed E-state index contributed by atoms with van der Waals surface area (Å²) in [7, 11) is 0. The van der Waals surface area contributed by atoms with Crippen LogP contribution in [0, 0.1) is 21.8 Å². The number of hydrogen-bond donors (Lipinski definition) is 2. The molecule has 2 N–H and O–H groups in total. The van der Waals surface area contributed by atoms with E-state index in [-0.39, 0.29) is 23.2 Å². The molecule has 1 aromatic rings. The second-order valence-electron chi connectivity index (χ2n) is 4.45. The van der Waals surface area contributed by atoms with E-state index in [0.29, 0.717) is 6.54 Å². The highest BCUT2D eigenvalue weighted by molar-refractivity contribution is 5.93. The lowest BCUT2D eigenvalue weighted by molar-refractivity contribution is -0.384. The number of benzene rings is 1. The van der Waals surface area contributed by atoms with E-state index in [4.69, 9.17) is 0 Å². The van der Waals surface area contributed by atoms with Crippen molar-refractivity contribution in [3.63, 3.8) is 0 Å². The van der Waals surface area contributed by atoms with Crippen molar-refractivity contribution in [2.75, 3.05) is 18.4 Å². The molecule has 1 heterocycles. The number of piperidine rings is 1. The number of carbonyl (C=O) groups excluding carboxylic acids is 1. The number of halogens is 1. The number of nitro benzene ring substituents is 1. The third-order valence-corrected chi connectivity index (χ3v) is 3.09. The van der Waals surface area contributed by atoms with Crippen molar-refractivity contribution in [2.45, 2.75) is 12.8 Å². The second-order valence-corrected chi connectivity index (χ2v) is 4.45. The van der Waals surface area contributed by atoms with Crippen molar-refractivity contribution in [3.8, 4) is 0 Å². The van der Waals surface area contributed by atoms with Crippen LogP contribution in [0.3, 0.4) is 0 Å². The predicted molar refractivity (Wildman–Crippen MR) is 67.3 cm³/mol. The molecule has 19 heavy (non-hydrogen) atoms. The van der Waals surface area contributed by atoms with Crippen LogP contribution in [0.4, 0.5) is 15.8 Å². The number of carbonyl (C=O) groups is 1. The molecular formula is C12H14FN3O3. The average Bonchev–Trinajstić information content (AvgIpc) is 2.42. The van der Waals surface area contributed by atoms with E-state index in [2.05, 4.69) is 10.6 Å². The lowest BCUT2D eigenvalue weighted by Gasteiger charge is -2.21. The van der Waals surface area contributed by atoms with Crippen molar-refractivity contribution >= 4 is 17.3 Å². The molecular weight excluding hydrogens is 253 g/mol. The van der Waals surface area contributed by atoms with Crippen LogP contribution in [-0.2, 0) is 4.79 Å². The van der Waals surface area contributed by atoms with E-state index in [0.717, 1.165) is 37.6 Å². The maximum absolute atomic E-state index is 13.5. The quantitative estimate of drug-likeness (QED) is 0.644. The predicted octanol–water partition coefficient (Wildman–Crippen LogP) is 1.67. The van der Waals surface area contributed by atoms with Gasteiger partial charge in [-0.3, -0.25) is 14.9 Å². The van der Waals surface area contributed by atoms with E-state index >= 15 is 0 Å². The molecule has 0 aromatic heterocycles. The molecule has 2 rings (SSSR count). The van der Waals surface area contributed by atoms with Crippen LogP contribution in [0.15, 0.2) is 18.2 Å². The monoisotopic (exact) mass is 267 g/mol. The molecule has 0 aliphatic carbocycles. The van der Waals surface area contributed by atoms with Gasteiger partial charge in [0, 0.05) is 18.7 Å². The molecule has 1 saturated heterocycles. The number of amides is 1. The molecule has 0 radical (unpaired) electrons. The number of non-ortho nitro benzene ring substituents is 1. The summed E-state index contributed by atoms with van der Waals surface area (Å²) in [5, 5.41) is 16.1. The maximum atomic E-state index is 13.5. The zero-order valence-corrected chi connectivity index (χ0v) is 10.2. The summed E-state index contributed by atoms with van der Waals surface area (Å²) >= 11 is 0. The third-order valence-electron chi connectivity index (χ3n) is 3.09. The van der Waals surface area contributed by atoms with Crippen LogP contribution in [0.1, 0.15) is 12.8 Å². The molecule has 1 aromatic carbocycles. The summed E-state index contributed by atoms with van der Waals surface area (Å²) in [5.74, 6) is -1.22. The highest BCUT2D eigenvalue weighted by Gasteiger charge is 2.22. The Hall–Kier alpha value is -2.02. The molecule has 1 fully saturated rings. The molecule has 0 bridgehead atoms. The smallest absolute Gasteiger partial charge is 0.271 e. The van der Waals surface area contributed by atoms with E-state index in [1.807, 2.05) is 0 Å². The Morgan fingerprint density at radius 3 is 2.95 bits per heavy atom. The zero-order chi connectivity index (χ0) is 13.8. The minimum Gasteiger partial charge on any atom is -0.323 e. The molecule has 7 heteroatoms. The topological polar surface area (TPSA) is 84.3 Å². The van der Waals surface area contributed by atoms with Crippen molar-refractivity contribution in [1.29, 1.82) is 0 Å². The zero-order valence-electron chi connectivity index (χ0n) is 10.2. The first-order valence-corrected chi connectivity index (χ1v) is 6.03. The van der Waals surface area contributed by atoms with Gasteiger partial charge in [0.15, 0.2) is 0 Å². The highest BCUT2D eigenvalue weighted by atomic mass is 19.1. The van der Waals surface area contributed by atoms with Crippen molar-refractivity contribution in [2.24, 2.45) is 5.92 Å². The standard InChI is InChI=1S/C12H14FN3O3/c13-10-4-3-9(16(18)19)6-11(10)15-12(17)8-2-1-5-14-7-8/h3-4,6,8,14H,1-2,5,7H2,(H,15,17)/t8-/m1/s1. The number of nitro groups is 1. The molecule has 0 unspecified atom stereocenters. The molecule has 102 valence electrons. The van der Waals surface area contributed by atoms with Crippen LogP contribution in [0.2, 0.25) is 0 Å². The van der Waals surface area contributed by atoms with Crippen molar-refractivity contribution in [3.05, 3.63) is 34.1 Å². The van der Waals surface area contributed by atoms with E-state index < -0.39 is 10.7 Å². The van der Waals surface area contributed by atoms with Gasteiger partial charge in [0.05, 0.1) is 16.5 Å². The highest BCUT2D eigenvalue weighted by Crippen LogP contribution is 2.22. The Bertz CT molecular complexity index is 501. The van der Waals surface area contributed by atoms with Crippen LogP contribution in [0.5, 0.6) is 0 Å². The van der Waals surface area contributed by atoms with Crippen LogP contribution < -0.4 is 10.6 Å². The Kier molecular flexibility index (Phi) is 4.06. The Labute approximate surface area is 109 Å². The molecule has 1 aliphatic heterocycles. The van der Waals surface area contributed by atoms with Gasteiger partial charge in [-0.2, -0.15) is 0 Å². The summed E-state index contributed by atoms with van der Waals surface area (Å²) in [6.45, 7) is 1.41. The van der Waals surface area contributed by atoms with Gasteiger partial charge in [-0.1, -0.05) is 0 Å². The van der Waals surface area contributed by atoms with Crippen LogP contribution >= 0.6 is 0 Å². The van der Waals surface area contributed by atoms with Crippen molar-refractivity contribution in [1.82, 2.24) is 5.32 Å². The minimum absolute atomic E-state index is 0.148. The van der Waals surface area contributed by atoms with Crippen molar-refractivity contribution < 1.29 is 14.1 Å². The number of rotatable bonds is 3. The minimum atomic E-state index is -0.678. The van der Waals surface area contributed by atoms with E-state index in [9.17, 15) is 19.3 Å².